The van der Waals surface area contributed by atoms with Gasteiger partial charge in [-0.2, -0.15) is 0 Å². The van der Waals surface area contributed by atoms with Gasteiger partial charge in [0.15, 0.2) is 5.82 Å². The van der Waals surface area contributed by atoms with Crippen LogP contribution in [0.4, 0.5) is 0 Å². The molecule has 0 unspecified atom stereocenters. The molecule has 0 atom stereocenters. The third kappa shape index (κ3) is 2.53. The highest BCUT2D eigenvalue weighted by molar-refractivity contribution is 7.25. The predicted molar refractivity (Wildman–Crippen MR) is 135 cm³/mol. The lowest BCUT2D eigenvalue weighted by Gasteiger charge is -2.09. The summed E-state index contributed by atoms with van der Waals surface area (Å²) < 4.78 is 4.69. The number of para-hydroxylation sites is 2. The molecule has 0 N–H and O–H groups in total. The number of hydrogen-bond donors (Lipinski definition) is 0. The lowest BCUT2D eigenvalue weighted by Crippen LogP contribution is -1.95. The van der Waals surface area contributed by atoms with Crippen LogP contribution >= 0.6 is 11.3 Å². The van der Waals surface area contributed by atoms with E-state index in [0.29, 0.717) is 0 Å². The number of nitrogens with zero attached hydrogens (tertiary/aromatic N) is 3. The van der Waals surface area contributed by atoms with Gasteiger partial charge in [0, 0.05) is 38.3 Å². The zero-order valence-electron chi connectivity index (χ0n) is 17.1. The van der Waals surface area contributed by atoms with Crippen LogP contribution in [0.15, 0.2) is 103 Å². The van der Waals surface area contributed by atoms with Gasteiger partial charge in [0.2, 0.25) is 0 Å². The van der Waals surface area contributed by atoms with E-state index in [4.69, 9.17) is 9.97 Å². The molecular formula is C28H17N3S. The van der Waals surface area contributed by atoms with E-state index >= 15 is 0 Å². The summed E-state index contributed by atoms with van der Waals surface area (Å²) in [5.74, 6) is 0.753. The second-order valence-corrected chi connectivity index (χ2v) is 9.01. The van der Waals surface area contributed by atoms with Crippen molar-refractivity contribution in [1.29, 1.82) is 0 Å². The molecule has 0 aliphatic heterocycles. The molecule has 0 saturated heterocycles. The monoisotopic (exact) mass is 427 g/mol. The van der Waals surface area contributed by atoms with Crippen LogP contribution in [0.1, 0.15) is 0 Å². The molecule has 0 saturated carbocycles. The molecule has 7 rings (SSSR count). The second-order valence-electron chi connectivity index (χ2n) is 7.92. The Labute approximate surface area is 188 Å². The zero-order valence-corrected chi connectivity index (χ0v) is 17.9. The molecule has 150 valence electrons. The third-order valence-corrected chi connectivity index (χ3v) is 7.15. The van der Waals surface area contributed by atoms with Gasteiger partial charge in [0.1, 0.15) is 0 Å². The minimum absolute atomic E-state index is 0.753. The third-order valence-electron chi connectivity index (χ3n) is 6.06. The standard InChI is InChI=1S/C28H17N3S/c1-4-13-23-20(10-1)21-11-2-5-14-24(21)31(23)19-9-7-8-18(16-19)28-29-17-26-27(30-28)22-12-3-6-15-25(22)32-26/h1-17H. The fourth-order valence-corrected chi connectivity index (χ4v) is 5.65. The SMILES string of the molecule is c1cc(-c2ncc3sc4ccccc4c3n2)cc(-n2c3ccccc3c3ccccc32)c1. The summed E-state index contributed by atoms with van der Waals surface area (Å²) in [7, 11) is 0. The first kappa shape index (κ1) is 17.6. The Bertz CT molecular complexity index is 1740. The van der Waals surface area contributed by atoms with E-state index in [9.17, 15) is 0 Å². The van der Waals surface area contributed by atoms with Crippen LogP contribution in [0.3, 0.4) is 0 Å². The zero-order chi connectivity index (χ0) is 21.1. The van der Waals surface area contributed by atoms with Crippen LogP contribution in [-0.2, 0) is 0 Å². The smallest absolute Gasteiger partial charge is 0.159 e. The van der Waals surface area contributed by atoms with Gasteiger partial charge in [-0.25, -0.2) is 9.97 Å². The first-order valence-electron chi connectivity index (χ1n) is 10.6. The molecule has 7 aromatic rings. The summed E-state index contributed by atoms with van der Waals surface area (Å²) in [6.45, 7) is 0. The molecule has 0 bridgehead atoms. The number of rotatable bonds is 2. The van der Waals surface area contributed by atoms with Crippen LogP contribution in [0.25, 0.3) is 59.2 Å². The average Bonchev–Trinajstić information content (AvgIpc) is 3.39. The molecule has 0 aliphatic rings. The number of aromatic nitrogens is 3. The number of fused-ring (bicyclic) bond motifs is 6. The Hall–Kier alpha value is -4.02. The Morgan fingerprint density at radius 3 is 2.09 bits per heavy atom. The van der Waals surface area contributed by atoms with E-state index < -0.39 is 0 Å². The lowest BCUT2D eigenvalue weighted by atomic mass is 10.1. The van der Waals surface area contributed by atoms with E-state index in [0.717, 1.165) is 27.3 Å². The van der Waals surface area contributed by atoms with Crippen molar-refractivity contribution < 1.29 is 0 Å². The number of thiophene rings is 1. The van der Waals surface area contributed by atoms with Gasteiger partial charge in [-0.1, -0.05) is 66.7 Å². The van der Waals surface area contributed by atoms with E-state index in [2.05, 4.69) is 102 Å². The van der Waals surface area contributed by atoms with Crippen molar-refractivity contribution in [3.05, 3.63) is 103 Å². The topological polar surface area (TPSA) is 30.7 Å². The minimum Gasteiger partial charge on any atom is -0.309 e. The van der Waals surface area contributed by atoms with Gasteiger partial charge in [0.25, 0.3) is 0 Å². The van der Waals surface area contributed by atoms with E-state index in [1.54, 1.807) is 11.3 Å². The summed E-state index contributed by atoms with van der Waals surface area (Å²) in [6.07, 6.45) is 1.95. The van der Waals surface area contributed by atoms with Crippen molar-refractivity contribution in [2.24, 2.45) is 0 Å². The summed E-state index contributed by atoms with van der Waals surface area (Å²) >= 11 is 1.74. The van der Waals surface area contributed by atoms with Crippen molar-refractivity contribution in [3.8, 4) is 17.1 Å². The quantitative estimate of drug-likeness (QED) is 0.284. The summed E-state index contributed by atoms with van der Waals surface area (Å²) in [5, 5.41) is 3.71. The van der Waals surface area contributed by atoms with Crippen molar-refractivity contribution in [1.82, 2.24) is 14.5 Å². The van der Waals surface area contributed by atoms with Gasteiger partial charge in [-0.05, 0) is 30.3 Å². The fraction of sp³-hybridized carbons (Fsp3) is 0. The van der Waals surface area contributed by atoms with Gasteiger partial charge in [0.05, 0.1) is 21.3 Å². The van der Waals surface area contributed by atoms with Crippen molar-refractivity contribution in [2.75, 3.05) is 0 Å². The highest BCUT2D eigenvalue weighted by Crippen LogP contribution is 2.35. The van der Waals surface area contributed by atoms with Gasteiger partial charge in [-0.15, -0.1) is 11.3 Å². The average molecular weight is 428 g/mol. The predicted octanol–water partition coefficient (Wildman–Crippen LogP) is 7.61. The maximum Gasteiger partial charge on any atom is 0.159 e. The lowest BCUT2D eigenvalue weighted by molar-refractivity contribution is 1.17. The molecule has 0 aliphatic carbocycles. The first-order valence-corrected chi connectivity index (χ1v) is 11.4. The molecule has 0 amide bonds. The van der Waals surface area contributed by atoms with Crippen LogP contribution in [0.5, 0.6) is 0 Å². The van der Waals surface area contributed by atoms with Crippen molar-refractivity contribution in [3.63, 3.8) is 0 Å². The Morgan fingerprint density at radius 1 is 0.625 bits per heavy atom. The molecular weight excluding hydrogens is 410 g/mol. The van der Waals surface area contributed by atoms with E-state index in [1.165, 1.54) is 31.9 Å². The second kappa shape index (κ2) is 6.74. The van der Waals surface area contributed by atoms with Crippen LogP contribution in [0.2, 0.25) is 0 Å². The Balaban J connectivity index is 1.45. The maximum atomic E-state index is 4.97. The molecule has 0 radical (unpaired) electrons. The van der Waals surface area contributed by atoms with Crippen LogP contribution in [-0.4, -0.2) is 14.5 Å². The molecule has 32 heavy (non-hydrogen) atoms. The van der Waals surface area contributed by atoms with E-state index in [-0.39, 0.29) is 0 Å². The maximum absolute atomic E-state index is 4.97. The molecule has 3 heterocycles. The number of hydrogen-bond acceptors (Lipinski definition) is 3. The van der Waals surface area contributed by atoms with Gasteiger partial charge < -0.3 is 4.57 Å². The minimum atomic E-state index is 0.753. The van der Waals surface area contributed by atoms with Crippen molar-refractivity contribution >= 4 is 53.4 Å². The highest BCUT2D eigenvalue weighted by atomic mass is 32.1. The summed E-state index contributed by atoms with van der Waals surface area (Å²) in [5.41, 5.74) is 5.55. The molecule has 4 heteroatoms. The summed E-state index contributed by atoms with van der Waals surface area (Å²) in [4.78, 5) is 9.68. The van der Waals surface area contributed by atoms with Gasteiger partial charge in [-0.3, -0.25) is 0 Å². The van der Waals surface area contributed by atoms with E-state index in [1.807, 2.05) is 6.20 Å². The summed E-state index contributed by atoms with van der Waals surface area (Å²) in [6, 6.07) is 34.1. The van der Waals surface area contributed by atoms with Crippen LogP contribution < -0.4 is 0 Å². The van der Waals surface area contributed by atoms with Crippen molar-refractivity contribution in [2.45, 2.75) is 0 Å². The normalized spacial score (nSPS) is 11.8. The molecule has 4 aromatic carbocycles. The Kier molecular flexibility index (Phi) is 3.72. The Morgan fingerprint density at radius 2 is 1.31 bits per heavy atom. The first-order chi connectivity index (χ1) is 15.9. The fourth-order valence-electron chi connectivity index (χ4n) is 4.63. The molecule has 0 spiro atoms. The largest absolute Gasteiger partial charge is 0.309 e. The van der Waals surface area contributed by atoms with Gasteiger partial charge >= 0.3 is 0 Å². The van der Waals surface area contributed by atoms with Crippen LogP contribution in [0, 0.1) is 0 Å². The highest BCUT2D eigenvalue weighted by Gasteiger charge is 2.13. The molecule has 3 nitrogen and oxygen atoms in total. The molecule has 3 aromatic heterocycles. The number of benzene rings is 4. The molecule has 0 fully saturated rings.